The Morgan fingerprint density at radius 1 is 1.25 bits per heavy atom. The predicted molar refractivity (Wildman–Crippen MR) is 88.5 cm³/mol. The van der Waals surface area contributed by atoms with Crippen LogP contribution < -0.4 is 5.73 Å². The molecular formula is C16H20N4O3S. The summed E-state index contributed by atoms with van der Waals surface area (Å²) in [5.41, 5.74) is 8.29. The molecule has 1 atom stereocenters. The zero-order valence-corrected chi connectivity index (χ0v) is 14.7. The number of hydrogen-bond acceptors (Lipinski definition) is 4. The summed E-state index contributed by atoms with van der Waals surface area (Å²) in [6.45, 7) is 3.47. The van der Waals surface area contributed by atoms with Gasteiger partial charge in [0.15, 0.2) is 0 Å². The molecule has 8 heteroatoms. The number of nitrogens with two attached hydrogens (primary N) is 1. The molecule has 24 heavy (non-hydrogen) atoms. The van der Waals surface area contributed by atoms with E-state index in [1.807, 2.05) is 24.3 Å². The molecule has 0 saturated carbocycles. The number of carbonyl (C=O) groups excluding carboxylic acids is 1. The molecule has 1 amide bonds. The van der Waals surface area contributed by atoms with Gasteiger partial charge >= 0.3 is 0 Å². The van der Waals surface area contributed by atoms with Crippen LogP contribution in [-0.2, 0) is 34.8 Å². The van der Waals surface area contributed by atoms with Gasteiger partial charge < -0.3 is 5.73 Å². The average Bonchev–Trinajstić information content (AvgIpc) is 2.79. The molecule has 0 aliphatic carbocycles. The second-order valence-electron chi connectivity index (χ2n) is 6.06. The molecule has 128 valence electrons. The van der Waals surface area contributed by atoms with Gasteiger partial charge in [-0.1, -0.05) is 24.3 Å². The molecule has 0 bridgehead atoms. The van der Waals surface area contributed by atoms with E-state index in [-0.39, 0.29) is 17.9 Å². The van der Waals surface area contributed by atoms with Crippen LogP contribution in [0.1, 0.15) is 22.5 Å². The van der Waals surface area contributed by atoms with Crippen molar-refractivity contribution < 1.29 is 13.2 Å². The fourth-order valence-electron chi connectivity index (χ4n) is 3.24. The highest BCUT2D eigenvalue weighted by molar-refractivity contribution is 7.89. The van der Waals surface area contributed by atoms with E-state index in [0.717, 1.165) is 11.1 Å². The summed E-state index contributed by atoms with van der Waals surface area (Å²) in [5.74, 6) is -0.646. The van der Waals surface area contributed by atoms with Gasteiger partial charge in [0.25, 0.3) is 0 Å². The van der Waals surface area contributed by atoms with E-state index in [1.165, 1.54) is 8.99 Å². The van der Waals surface area contributed by atoms with Crippen molar-refractivity contribution in [1.29, 1.82) is 0 Å². The first-order valence-electron chi connectivity index (χ1n) is 7.61. The number of aryl methyl sites for hydroxylation is 2. The van der Waals surface area contributed by atoms with Crippen molar-refractivity contribution in [2.24, 2.45) is 12.8 Å². The molecule has 1 aliphatic rings. The molecule has 2 N–H and O–H groups in total. The Kier molecular flexibility index (Phi) is 3.97. The third-order valence-corrected chi connectivity index (χ3v) is 6.65. The monoisotopic (exact) mass is 348 g/mol. The van der Waals surface area contributed by atoms with Crippen LogP contribution in [0.3, 0.4) is 0 Å². The van der Waals surface area contributed by atoms with Gasteiger partial charge in [0, 0.05) is 13.6 Å². The van der Waals surface area contributed by atoms with Crippen LogP contribution in [0.2, 0.25) is 0 Å². The molecule has 0 spiro atoms. The minimum absolute atomic E-state index is 0.125. The van der Waals surface area contributed by atoms with Crippen molar-refractivity contribution >= 4 is 15.9 Å². The lowest BCUT2D eigenvalue weighted by molar-refractivity contribution is -0.122. The summed E-state index contributed by atoms with van der Waals surface area (Å²) in [4.78, 5) is 12.1. The molecule has 0 saturated heterocycles. The second-order valence-corrected chi connectivity index (χ2v) is 7.89. The number of amides is 1. The number of sulfonamides is 1. The average molecular weight is 348 g/mol. The van der Waals surface area contributed by atoms with Crippen molar-refractivity contribution in [3.05, 3.63) is 46.8 Å². The summed E-state index contributed by atoms with van der Waals surface area (Å²) in [7, 11) is -2.20. The molecule has 0 unspecified atom stereocenters. The number of rotatable bonds is 3. The smallest absolute Gasteiger partial charge is 0.247 e. The first-order valence-corrected chi connectivity index (χ1v) is 9.05. The zero-order valence-electron chi connectivity index (χ0n) is 13.9. The molecule has 7 nitrogen and oxygen atoms in total. The Morgan fingerprint density at radius 3 is 2.42 bits per heavy atom. The highest BCUT2D eigenvalue weighted by Crippen LogP contribution is 2.31. The van der Waals surface area contributed by atoms with Crippen LogP contribution in [-0.4, -0.2) is 34.5 Å². The molecule has 3 rings (SSSR count). The number of primary amides is 1. The lowest BCUT2D eigenvalue weighted by Crippen LogP contribution is -2.51. The fourth-order valence-corrected chi connectivity index (χ4v) is 5.22. The topological polar surface area (TPSA) is 98.3 Å². The Hall–Kier alpha value is -2.19. The summed E-state index contributed by atoms with van der Waals surface area (Å²) in [6, 6.07) is 6.60. The molecule has 0 fully saturated rings. The zero-order chi connectivity index (χ0) is 17.6. The van der Waals surface area contributed by atoms with Crippen LogP contribution in [0, 0.1) is 13.8 Å². The van der Waals surface area contributed by atoms with Crippen molar-refractivity contribution in [3.63, 3.8) is 0 Å². The predicted octanol–water partition coefficient (Wildman–Crippen LogP) is 0.638. The number of fused-ring (bicyclic) bond motifs is 1. The molecule has 2 heterocycles. The lowest BCUT2D eigenvalue weighted by Gasteiger charge is -2.34. The Balaban J connectivity index is 2.13. The second kappa shape index (κ2) is 5.71. The number of hydrogen-bond donors (Lipinski definition) is 1. The Labute approximate surface area is 141 Å². The van der Waals surface area contributed by atoms with Crippen molar-refractivity contribution in [1.82, 2.24) is 14.1 Å². The molecule has 2 aromatic rings. The summed E-state index contributed by atoms with van der Waals surface area (Å²) < 4.78 is 29.2. The fraction of sp³-hybridized carbons (Fsp3) is 0.375. The van der Waals surface area contributed by atoms with Crippen molar-refractivity contribution in [2.45, 2.75) is 37.8 Å². The maximum atomic E-state index is 13.2. The van der Waals surface area contributed by atoms with Crippen LogP contribution in [0.15, 0.2) is 29.2 Å². The summed E-state index contributed by atoms with van der Waals surface area (Å²) >= 11 is 0. The number of nitrogens with zero attached hydrogens (tertiary/aromatic N) is 3. The standard InChI is InChI=1S/C16H20N4O3S/c1-10-15(11(2)19(3)18-10)24(22,23)20-9-13-7-5-4-6-12(13)8-14(20)16(17)21/h4-7,14H,8-9H2,1-3H3,(H2,17,21)/t14-/m0/s1. The van der Waals surface area contributed by atoms with Crippen molar-refractivity contribution in [3.8, 4) is 0 Å². The molecule has 1 aromatic carbocycles. The number of aromatic nitrogens is 2. The van der Waals surface area contributed by atoms with Gasteiger partial charge in [0.2, 0.25) is 15.9 Å². The molecule has 0 radical (unpaired) electrons. The van der Waals surface area contributed by atoms with E-state index in [9.17, 15) is 13.2 Å². The van der Waals surface area contributed by atoms with Gasteiger partial charge in [-0.05, 0) is 31.4 Å². The maximum absolute atomic E-state index is 13.2. The van der Waals surface area contributed by atoms with Crippen LogP contribution in [0.25, 0.3) is 0 Å². The van der Waals surface area contributed by atoms with Gasteiger partial charge in [-0.3, -0.25) is 9.48 Å². The number of benzene rings is 1. The maximum Gasteiger partial charge on any atom is 0.247 e. The SMILES string of the molecule is Cc1nn(C)c(C)c1S(=O)(=O)N1Cc2ccccc2C[C@H]1C(N)=O. The van der Waals surface area contributed by atoms with Crippen molar-refractivity contribution in [2.75, 3.05) is 0 Å². The normalized spacial score (nSPS) is 18.4. The largest absolute Gasteiger partial charge is 0.368 e. The van der Waals surface area contributed by atoms with E-state index < -0.39 is 22.0 Å². The lowest BCUT2D eigenvalue weighted by atomic mass is 9.96. The first kappa shape index (κ1) is 16.7. The Morgan fingerprint density at radius 2 is 1.88 bits per heavy atom. The quantitative estimate of drug-likeness (QED) is 0.880. The first-order chi connectivity index (χ1) is 11.2. The van der Waals surface area contributed by atoms with Gasteiger partial charge in [-0.25, -0.2) is 8.42 Å². The third kappa shape index (κ3) is 2.51. The minimum Gasteiger partial charge on any atom is -0.368 e. The van der Waals surface area contributed by atoms with Crippen LogP contribution >= 0.6 is 0 Å². The highest BCUT2D eigenvalue weighted by Gasteiger charge is 2.40. The van der Waals surface area contributed by atoms with E-state index >= 15 is 0 Å². The Bertz CT molecular complexity index is 917. The van der Waals surface area contributed by atoms with Gasteiger partial charge in [-0.15, -0.1) is 0 Å². The van der Waals surface area contributed by atoms with Crippen LogP contribution in [0.5, 0.6) is 0 Å². The molecule has 1 aliphatic heterocycles. The van der Waals surface area contributed by atoms with Gasteiger partial charge in [-0.2, -0.15) is 9.40 Å². The summed E-state index contributed by atoms with van der Waals surface area (Å²) in [5, 5.41) is 4.18. The van der Waals surface area contributed by atoms with Gasteiger partial charge in [0.05, 0.1) is 11.4 Å². The van der Waals surface area contributed by atoms with E-state index in [1.54, 1.807) is 20.9 Å². The van der Waals surface area contributed by atoms with E-state index in [2.05, 4.69) is 5.10 Å². The summed E-state index contributed by atoms with van der Waals surface area (Å²) in [6.07, 6.45) is 0.281. The third-order valence-electron chi connectivity index (χ3n) is 4.54. The van der Waals surface area contributed by atoms with E-state index in [0.29, 0.717) is 11.4 Å². The molecule has 1 aromatic heterocycles. The van der Waals surface area contributed by atoms with Crippen LogP contribution in [0.4, 0.5) is 0 Å². The van der Waals surface area contributed by atoms with E-state index in [4.69, 9.17) is 5.73 Å². The molecular weight excluding hydrogens is 328 g/mol. The van der Waals surface area contributed by atoms with Gasteiger partial charge in [0.1, 0.15) is 10.9 Å². The minimum atomic E-state index is -3.89. The number of carbonyl (C=O) groups is 1. The highest BCUT2D eigenvalue weighted by atomic mass is 32.2.